The largest absolute Gasteiger partial charge is 0.219 e. The van der Waals surface area contributed by atoms with Crippen LogP contribution in [0.3, 0.4) is 0 Å². The fraction of sp³-hybridized carbons (Fsp3) is 1.00. The minimum Gasteiger partial charge on any atom is -0.219 e. The lowest BCUT2D eigenvalue weighted by Crippen LogP contribution is -1.84. The second kappa shape index (κ2) is 6.19. The molecule has 44 valence electrons. The molecule has 0 aliphatic carbocycles. The Labute approximate surface area is 45.4 Å². The van der Waals surface area contributed by atoms with Crippen LogP contribution >= 0.6 is 12.0 Å². The Hall–Kier alpha value is 0.190. The Balaban J connectivity index is 2.45. The minimum atomic E-state index is 0.739. The van der Waals surface area contributed by atoms with Crippen molar-refractivity contribution in [3.8, 4) is 0 Å². The molecule has 0 bridgehead atoms. The molecular formula is C2H6O4S. The van der Waals surface area contributed by atoms with E-state index in [0.29, 0.717) is 0 Å². The van der Waals surface area contributed by atoms with Crippen molar-refractivity contribution in [2.45, 2.75) is 6.92 Å². The Morgan fingerprint density at radius 2 is 2.43 bits per heavy atom. The first-order valence-electron chi connectivity index (χ1n) is 1.68. The van der Waals surface area contributed by atoms with Crippen LogP contribution < -0.4 is 0 Å². The average Bonchev–Trinajstić information content (AvgIpc) is 1.69. The van der Waals surface area contributed by atoms with Gasteiger partial charge in [-0.1, -0.05) is 6.92 Å². The Bertz CT molecular complexity index is 28.9. The van der Waals surface area contributed by atoms with Gasteiger partial charge in [-0.2, -0.15) is 0 Å². The summed E-state index contributed by atoms with van der Waals surface area (Å²) in [5.74, 6) is 0.739. The summed E-state index contributed by atoms with van der Waals surface area (Å²) in [4.78, 5) is 0. The predicted octanol–water partition coefficient (Wildman–Crippen LogP) is 1.01. The Morgan fingerprint density at radius 3 is 2.86 bits per heavy atom. The Morgan fingerprint density at radius 1 is 1.71 bits per heavy atom. The maximum atomic E-state index is 7.43. The highest BCUT2D eigenvalue weighted by molar-refractivity contribution is 7.94. The van der Waals surface area contributed by atoms with E-state index in [-0.39, 0.29) is 0 Å². The van der Waals surface area contributed by atoms with E-state index in [9.17, 15) is 0 Å². The summed E-state index contributed by atoms with van der Waals surface area (Å²) in [5.41, 5.74) is 0. The summed E-state index contributed by atoms with van der Waals surface area (Å²) in [6.07, 6.45) is 0. The molecule has 0 aliphatic rings. The highest BCUT2D eigenvalue weighted by Gasteiger charge is 1.81. The van der Waals surface area contributed by atoms with Crippen LogP contribution in [0.2, 0.25) is 0 Å². The van der Waals surface area contributed by atoms with Crippen molar-refractivity contribution in [2.75, 3.05) is 5.75 Å². The molecule has 0 aromatic rings. The zero-order chi connectivity index (χ0) is 5.54. The van der Waals surface area contributed by atoms with Gasteiger partial charge in [-0.3, -0.25) is 0 Å². The van der Waals surface area contributed by atoms with Crippen molar-refractivity contribution < 1.29 is 19.7 Å². The summed E-state index contributed by atoms with van der Waals surface area (Å²) >= 11 is 1.03. The monoisotopic (exact) mass is 126 g/mol. The van der Waals surface area contributed by atoms with Crippen LogP contribution in [0.4, 0.5) is 0 Å². The molecular weight excluding hydrogens is 120 g/mol. The van der Waals surface area contributed by atoms with Crippen LogP contribution in [-0.4, -0.2) is 11.0 Å². The lowest BCUT2D eigenvalue weighted by molar-refractivity contribution is -0.591. The summed E-state index contributed by atoms with van der Waals surface area (Å²) in [5, 5.41) is 14.1. The van der Waals surface area contributed by atoms with Crippen LogP contribution in [0, 0.1) is 0 Å². The Kier molecular flexibility index (Phi) is 6.36. The molecule has 0 saturated heterocycles. The molecule has 0 amide bonds. The SMILES string of the molecule is CCSOOOO. The quantitative estimate of drug-likeness (QED) is 0.263. The normalized spacial score (nSPS) is 9.43. The van der Waals surface area contributed by atoms with Crippen LogP contribution in [0.5, 0.6) is 0 Å². The molecule has 0 atom stereocenters. The van der Waals surface area contributed by atoms with E-state index < -0.39 is 0 Å². The zero-order valence-corrected chi connectivity index (χ0v) is 4.60. The molecule has 1 N–H and O–H groups in total. The molecule has 0 spiro atoms. The number of hydrogen-bond acceptors (Lipinski definition) is 5. The van der Waals surface area contributed by atoms with Crippen LogP contribution in [0.15, 0.2) is 0 Å². The van der Waals surface area contributed by atoms with E-state index in [0.717, 1.165) is 17.8 Å². The summed E-state index contributed by atoms with van der Waals surface area (Å²) in [7, 11) is 0. The van der Waals surface area contributed by atoms with Crippen molar-refractivity contribution in [2.24, 2.45) is 0 Å². The van der Waals surface area contributed by atoms with Gasteiger partial charge in [-0.05, 0) is 10.1 Å². The summed E-state index contributed by atoms with van der Waals surface area (Å²) in [6, 6.07) is 0. The number of hydrogen-bond donors (Lipinski definition) is 1. The fourth-order valence-electron chi connectivity index (χ4n) is 0.0802. The standard InChI is InChI=1S/C2H6O4S/c1-2-7-6-5-4-3/h3H,2H2,1H3. The van der Waals surface area contributed by atoms with Crippen LogP contribution in [0.25, 0.3) is 0 Å². The van der Waals surface area contributed by atoms with Crippen molar-refractivity contribution in [3.05, 3.63) is 0 Å². The number of rotatable bonds is 4. The lowest BCUT2D eigenvalue weighted by atomic mass is 11.0. The third kappa shape index (κ3) is 6.19. The van der Waals surface area contributed by atoms with Gasteiger partial charge in [0.15, 0.2) is 0 Å². The molecule has 0 radical (unpaired) electrons. The van der Waals surface area contributed by atoms with Crippen molar-refractivity contribution >= 4 is 12.0 Å². The van der Waals surface area contributed by atoms with Crippen LogP contribution in [0.1, 0.15) is 6.92 Å². The van der Waals surface area contributed by atoms with Gasteiger partial charge in [0.25, 0.3) is 0 Å². The maximum absolute atomic E-state index is 7.43. The first-order valence-corrected chi connectivity index (χ1v) is 2.59. The van der Waals surface area contributed by atoms with E-state index in [1.165, 1.54) is 0 Å². The smallest absolute Gasteiger partial charge is 0.0344 e. The maximum Gasteiger partial charge on any atom is 0.0344 e. The molecule has 0 saturated carbocycles. The molecule has 0 rings (SSSR count). The third-order valence-electron chi connectivity index (χ3n) is 0.224. The average molecular weight is 126 g/mol. The van der Waals surface area contributed by atoms with Crippen molar-refractivity contribution in [3.63, 3.8) is 0 Å². The lowest BCUT2D eigenvalue weighted by Gasteiger charge is -1.89. The van der Waals surface area contributed by atoms with Gasteiger partial charge in [0.05, 0.1) is 0 Å². The van der Waals surface area contributed by atoms with E-state index >= 15 is 0 Å². The van der Waals surface area contributed by atoms with Gasteiger partial charge in [0, 0.05) is 17.8 Å². The van der Waals surface area contributed by atoms with Crippen molar-refractivity contribution in [1.29, 1.82) is 0 Å². The van der Waals surface area contributed by atoms with Gasteiger partial charge < -0.3 is 0 Å². The topological polar surface area (TPSA) is 47.9 Å². The molecule has 0 fully saturated rings. The third-order valence-corrected chi connectivity index (χ3v) is 0.612. The highest BCUT2D eigenvalue weighted by Crippen LogP contribution is 1.99. The van der Waals surface area contributed by atoms with Gasteiger partial charge in [0.2, 0.25) is 0 Å². The predicted molar refractivity (Wildman–Crippen MR) is 24.0 cm³/mol. The van der Waals surface area contributed by atoms with Crippen molar-refractivity contribution in [1.82, 2.24) is 0 Å². The van der Waals surface area contributed by atoms with E-state index in [2.05, 4.69) is 14.4 Å². The summed E-state index contributed by atoms with van der Waals surface area (Å²) < 4.78 is 4.08. The molecule has 7 heavy (non-hydrogen) atoms. The fourth-order valence-corrected chi connectivity index (χ4v) is 0.241. The van der Waals surface area contributed by atoms with E-state index in [1.807, 2.05) is 6.92 Å². The minimum absolute atomic E-state index is 0.739. The van der Waals surface area contributed by atoms with E-state index in [4.69, 9.17) is 5.26 Å². The molecule has 0 aromatic carbocycles. The first kappa shape index (κ1) is 7.19. The van der Waals surface area contributed by atoms with Gasteiger partial charge in [0.1, 0.15) is 0 Å². The molecule has 0 aliphatic heterocycles. The second-order valence-corrected chi connectivity index (χ2v) is 1.57. The van der Waals surface area contributed by atoms with Gasteiger partial charge in [-0.25, -0.2) is 5.26 Å². The molecule has 5 heteroatoms. The molecule has 0 heterocycles. The van der Waals surface area contributed by atoms with Gasteiger partial charge in [-0.15, -0.1) is 4.33 Å². The van der Waals surface area contributed by atoms with Gasteiger partial charge >= 0.3 is 0 Å². The molecule has 0 aromatic heterocycles. The second-order valence-electron chi connectivity index (χ2n) is 0.617. The zero-order valence-electron chi connectivity index (χ0n) is 3.79. The highest BCUT2D eigenvalue weighted by atomic mass is 32.2. The van der Waals surface area contributed by atoms with Crippen LogP contribution in [-0.2, 0) is 14.4 Å². The van der Waals surface area contributed by atoms with E-state index in [1.54, 1.807) is 0 Å². The molecule has 4 nitrogen and oxygen atoms in total. The molecule has 0 unspecified atom stereocenters. The summed E-state index contributed by atoms with van der Waals surface area (Å²) in [6.45, 7) is 1.87. The first-order chi connectivity index (χ1) is 3.41.